The molecule has 0 aliphatic rings. The van der Waals surface area contributed by atoms with Gasteiger partial charge in [-0.05, 0) is 26.0 Å². The molecule has 2 aromatic heterocycles. The van der Waals surface area contributed by atoms with Crippen LogP contribution >= 0.6 is 11.3 Å². The normalized spacial score (nSPS) is 13.5. The van der Waals surface area contributed by atoms with Gasteiger partial charge in [-0.1, -0.05) is 0 Å². The number of nitrogens with zero attached hydrogens (tertiary/aromatic N) is 1. The number of nitrogens with one attached hydrogen (secondary N) is 1. The van der Waals surface area contributed by atoms with Gasteiger partial charge in [0.1, 0.15) is 5.76 Å². The molecule has 2 aromatic rings. The highest BCUT2D eigenvalue weighted by atomic mass is 32.1. The maximum Gasteiger partial charge on any atom is 0.305 e. The van der Waals surface area contributed by atoms with Crippen LogP contribution in [0, 0.1) is 6.92 Å². The summed E-state index contributed by atoms with van der Waals surface area (Å²) in [6, 6.07) is 3.69. The zero-order chi connectivity index (χ0) is 17.7. The molecule has 8 heteroatoms. The van der Waals surface area contributed by atoms with Crippen LogP contribution in [-0.4, -0.2) is 41.2 Å². The Labute approximate surface area is 143 Å². The maximum atomic E-state index is 12.2. The Balaban J connectivity index is 2.01. The molecule has 24 heavy (non-hydrogen) atoms. The molecule has 2 heterocycles. The van der Waals surface area contributed by atoms with E-state index in [4.69, 9.17) is 14.3 Å². The van der Waals surface area contributed by atoms with Crippen molar-refractivity contribution in [3.05, 3.63) is 29.0 Å². The number of amides is 1. The molecular formula is C16H20N2O5S. The number of aryl methyl sites for hydroxylation is 1. The van der Waals surface area contributed by atoms with Gasteiger partial charge in [0.15, 0.2) is 10.8 Å². The molecule has 7 nitrogen and oxygen atoms in total. The molecular weight excluding hydrogens is 332 g/mol. The van der Waals surface area contributed by atoms with E-state index < -0.39 is 11.5 Å². The molecule has 1 atom stereocenters. The summed E-state index contributed by atoms with van der Waals surface area (Å²) in [6.45, 7) is 3.60. The molecule has 1 amide bonds. The lowest BCUT2D eigenvalue weighted by Crippen LogP contribution is -2.51. The second kappa shape index (κ2) is 7.59. The molecule has 0 aliphatic carbocycles. The van der Waals surface area contributed by atoms with Crippen LogP contribution in [0.4, 0.5) is 0 Å². The quantitative estimate of drug-likeness (QED) is 0.755. The summed E-state index contributed by atoms with van der Waals surface area (Å²) >= 11 is 1.39. The van der Waals surface area contributed by atoms with Crippen LogP contribution in [0.15, 0.2) is 21.9 Å². The lowest BCUT2D eigenvalue weighted by molar-refractivity contribution is -0.139. The highest BCUT2D eigenvalue weighted by Gasteiger charge is 2.29. The predicted octanol–water partition coefficient (Wildman–Crippen LogP) is 2.25. The van der Waals surface area contributed by atoms with Gasteiger partial charge in [-0.15, -0.1) is 11.3 Å². The zero-order valence-electron chi connectivity index (χ0n) is 13.8. The van der Waals surface area contributed by atoms with Gasteiger partial charge in [-0.25, -0.2) is 4.98 Å². The SMILES string of the molecule is COCC(C)(CC(=O)O)NC(=O)Cc1csc(-c2ccc(C)o2)n1. The molecule has 2 rings (SSSR count). The fourth-order valence-corrected chi connectivity index (χ4v) is 3.16. The summed E-state index contributed by atoms with van der Waals surface area (Å²) in [6.07, 6.45) is -0.157. The van der Waals surface area contributed by atoms with Crippen LogP contribution in [0.2, 0.25) is 0 Å². The number of carboxylic acids is 1. The second-order valence-corrected chi connectivity index (χ2v) is 6.70. The first-order chi connectivity index (χ1) is 11.3. The van der Waals surface area contributed by atoms with E-state index in [9.17, 15) is 9.59 Å². The Bertz CT molecular complexity index is 724. The summed E-state index contributed by atoms with van der Waals surface area (Å²) in [5.74, 6) is 0.157. The minimum Gasteiger partial charge on any atom is -0.481 e. The van der Waals surface area contributed by atoms with Crippen molar-refractivity contribution in [2.75, 3.05) is 13.7 Å². The number of carbonyl (C=O) groups is 2. The molecule has 0 saturated carbocycles. The van der Waals surface area contributed by atoms with Crippen molar-refractivity contribution in [3.8, 4) is 10.8 Å². The molecule has 0 radical (unpaired) electrons. The number of carboxylic acid groups (broad SMARTS) is 1. The average molecular weight is 352 g/mol. The number of rotatable bonds is 8. The van der Waals surface area contributed by atoms with Gasteiger partial charge < -0.3 is 19.6 Å². The number of hydrogen-bond acceptors (Lipinski definition) is 6. The topological polar surface area (TPSA) is 102 Å². The number of carbonyl (C=O) groups excluding carboxylic acids is 1. The summed E-state index contributed by atoms with van der Waals surface area (Å²) in [5.41, 5.74) is -0.356. The number of methoxy groups -OCH3 is 1. The van der Waals surface area contributed by atoms with Gasteiger partial charge in [0.2, 0.25) is 5.91 Å². The molecule has 0 spiro atoms. The van der Waals surface area contributed by atoms with E-state index >= 15 is 0 Å². The Morgan fingerprint density at radius 3 is 2.79 bits per heavy atom. The van der Waals surface area contributed by atoms with E-state index in [0.717, 1.165) is 5.76 Å². The van der Waals surface area contributed by atoms with Crippen molar-refractivity contribution in [2.24, 2.45) is 0 Å². The molecule has 0 saturated heterocycles. The lowest BCUT2D eigenvalue weighted by atomic mass is 9.98. The standard InChI is InChI=1S/C16H20N2O5S/c1-10-4-5-12(23-10)15-17-11(8-24-15)6-13(19)18-16(2,9-22-3)7-14(20)21/h4-5,8H,6-7,9H2,1-3H3,(H,18,19)(H,20,21). The molecule has 0 bridgehead atoms. The summed E-state index contributed by atoms with van der Waals surface area (Å²) < 4.78 is 10.5. The Morgan fingerprint density at radius 2 is 2.21 bits per heavy atom. The largest absolute Gasteiger partial charge is 0.481 e. The summed E-state index contributed by atoms with van der Waals surface area (Å²) in [4.78, 5) is 27.6. The van der Waals surface area contributed by atoms with Crippen LogP contribution in [-0.2, 0) is 20.7 Å². The molecule has 0 aliphatic heterocycles. The summed E-state index contributed by atoms with van der Waals surface area (Å²) in [7, 11) is 1.46. The number of ether oxygens (including phenoxy) is 1. The maximum absolute atomic E-state index is 12.2. The molecule has 1 unspecified atom stereocenters. The van der Waals surface area contributed by atoms with E-state index in [-0.39, 0.29) is 25.4 Å². The first-order valence-electron chi connectivity index (χ1n) is 7.34. The number of hydrogen-bond donors (Lipinski definition) is 2. The van der Waals surface area contributed by atoms with Crippen molar-refractivity contribution < 1.29 is 23.8 Å². The Hall–Kier alpha value is -2.19. The monoisotopic (exact) mass is 352 g/mol. The second-order valence-electron chi connectivity index (χ2n) is 5.84. The van der Waals surface area contributed by atoms with Crippen molar-refractivity contribution in [1.82, 2.24) is 10.3 Å². The van der Waals surface area contributed by atoms with Gasteiger partial charge in [0, 0.05) is 12.5 Å². The first kappa shape index (κ1) is 18.2. The minimum atomic E-state index is -1.00. The third-order valence-corrected chi connectivity index (χ3v) is 4.20. The molecule has 0 fully saturated rings. The van der Waals surface area contributed by atoms with Gasteiger partial charge in [0.25, 0.3) is 0 Å². The van der Waals surface area contributed by atoms with E-state index in [0.29, 0.717) is 16.5 Å². The van der Waals surface area contributed by atoms with Gasteiger partial charge in [-0.2, -0.15) is 0 Å². The van der Waals surface area contributed by atoms with Crippen LogP contribution in [0.1, 0.15) is 24.8 Å². The number of aliphatic carboxylic acids is 1. The van der Waals surface area contributed by atoms with Crippen LogP contribution in [0.25, 0.3) is 10.8 Å². The van der Waals surface area contributed by atoms with Crippen molar-refractivity contribution in [1.29, 1.82) is 0 Å². The van der Waals surface area contributed by atoms with Gasteiger partial charge in [0.05, 0.1) is 30.7 Å². The van der Waals surface area contributed by atoms with Crippen LogP contribution in [0.3, 0.4) is 0 Å². The number of thiazole rings is 1. The zero-order valence-corrected chi connectivity index (χ0v) is 14.6. The van der Waals surface area contributed by atoms with Gasteiger partial charge in [-0.3, -0.25) is 9.59 Å². The summed E-state index contributed by atoms with van der Waals surface area (Å²) in [5, 5.41) is 14.2. The smallest absolute Gasteiger partial charge is 0.305 e. The Morgan fingerprint density at radius 1 is 1.46 bits per heavy atom. The fourth-order valence-electron chi connectivity index (χ4n) is 2.38. The predicted molar refractivity (Wildman–Crippen MR) is 88.9 cm³/mol. The van der Waals surface area contributed by atoms with Crippen LogP contribution < -0.4 is 5.32 Å². The Kier molecular flexibility index (Phi) is 5.74. The lowest BCUT2D eigenvalue weighted by Gasteiger charge is -2.28. The highest BCUT2D eigenvalue weighted by Crippen LogP contribution is 2.25. The van der Waals surface area contributed by atoms with Crippen molar-refractivity contribution in [3.63, 3.8) is 0 Å². The van der Waals surface area contributed by atoms with Gasteiger partial charge >= 0.3 is 5.97 Å². The van der Waals surface area contributed by atoms with E-state index in [2.05, 4.69) is 10.3 Å². The number of aromatic nitrogens is 1. The van der Waals surface area contributed by atoms with E-state index in [1.165, 1.54) is 18.4 Å². The molecule has 0 aromatic carbocycles. The minimum absolute atomic E-state index is 0.0646. The molecule has 130 valence electrons. The highest BCUT2D eigenvalue weighted by molar-refractivity contribution is 7.13. The molecule has 2 N–H and O–H groups in total. The van der Waals surface area contributed by atoms with Crippen LogP contribution in [0.5, 0.6) is 0 Å². The fraction of sp³-hybridized carbons (Fsp3) is 0.438. The third kappa shape index (κ3) is 4.90. The third-order valence-electron chi connectivity index (χ3n) is 3.29. The van der Waals surface area contributed by atoms with Crippen molar-refractivity contribution in [2.45, 2.75) is 32.2 Å². The first-order valence-corrected chi connectivity index (χ1v) is 8.22. The van der Waals surface area contributed by atoms with E-state index in [1.807, 2.05) is 19.1 Å². The van der Waals surface area contributed by atoms with E-state index in [1.54, 1.807) is 12.3 Å². The van der Waals surface area contributed by atoms with Crippen molar-refractivity contribution >= 4 is 23.2 Å². The average Bonchev–Trinajstić information content (AvgIpc) is 3.06. The number of furan rings is 1.